The van der Waals surface area contributed by atoms with Crippen LogP contribution >= 0.6 is 11.3 Å². The zero-order valence-electron chi connectivity index (χ0n) is 12.3. The third kappa shape index (κ3) is 3.04. The SMILES string of the molecule is Cc1ccc(NC(=O)c2csc(-c3ccncc3)n2)cc1C. The van der Waals surface area contributed by atoms with E-state index < -0.39 is 0 Å². The average molecular weight is 309 g/mol. The van der Waals surface area contributed by atoms with Gasteiger partial charge in [0.2, 0.25) is 0 Å². The first-order valence-corrected chi connectivity index (χ1v) is 7.76. The molecule has 0 aliphatic carbocycles. The van der Waals surface area contributed by atoms with Gasteiger partial charge >= 0.3 is 0 Å². The fourth-order valence-electron chi connectivity index (χ4n) is 2.02. The highest BCUT2D eigenvalue weighted by molar-refractivity contribution is 7.13. The van der Waals surface area contributed by atoms with Gasteiger partial charge < -0.3 is 5.32 Å². The average Bonchev–Trinajstić information content (AvgIpc) is 3.02. The summed E-state index contributed by atoms with van der Waals surface area (Å²) in [6, 6.07) is 9.61. The molecule has 1 amide bonds. The molecule has 0 spiro atoms. The maximum absolute atomic E-state index is 12.3. The molecule has 0 saturated carbocycles. The number of amides is 1. The zero-order valence-corrected chi connectivity index (χ0v) is 13.1. The Bertz CT molecular complexity index is 812. The summed E-state index contributed by atoms with van der Waals surface area (Å²) >= 11 is 1.45. The Balaban J connectivity index is 1.78. The molecule has 22 heavy (non-hydrogen) atoms. The molecule has 0 fully saturated rings. The number of nitrogens with one attached hydrogen (secondary N) is 1. The quantitative estimate of drug-likeness (QED) is 0.793. The Morgan fingerprint density at radius 2 is 1.86 bits per heavy atom. The van der Waals surface area contributed by atoms with Crippen molar-refractivity contribution < 1.29 is 4.79 Å². The first-order chi connectivity index (χ1) is 10.6. The molecule has 3 aromatic rings. The van der Waals surface area contributed by atoms with E-state index in [9.17, 15) is 4.79 Å². The second kappa shape index (κ2) is 6.07. The van der Waals surface area contributed by atoms with E-state index in [2.05, 4.69) is 15.3 Å². The summed E-state index contributed by atoms with van der Waals surface area (Å²) in [5.74, 6) is -0.195. The van der Waals surface area contributed by atoms with Gasteiger partial charge in [-0.2, -0.15) is 0 Å². The minimum Gasteiger partial charge on any atom is -0.321 e. The van der Waals surface area contributed by atoms with Gasteiger partial charge in [-0.1, -0.05) is 6.07 Å². The predicted molar refractivity (Wildman–Crippen MR) is 89.2 cm³/mol. The van der Waals surface area contributed by atoms with Crippen molar-refractivity contribution in [2.45, 2.75) is 13.8 Å². The molecule has 1 aromatic carbocycles. The van der Waals surface area contributed by atoms with Crippen molar-refractivity contribution in [2.75, 3.05) is 5.32 Å². The molecule has 0 saturated heterocycles. The second-order valence-electron chi connectivity index (χ2n) is 5.03. The normalized spacial score (nSPS) is 10.5. The molecule has 0 radical (unpaired) electrons. The van der Waals surface area contributed by atoms with Gasteiger partial charge in [0, 0.05) is 29.0 Å². The number of hydrogen-bond acceptors (Lipinski definition) is 4. The number of anilines is 1. The summed E-state index contributed by atoms with van der Waals surface area (Å²) in [5, 5.41) is 5.47. The monoisotopic (exact) mass is 309 g/mol. The lowest BCUT2D eigenvalue weighted by Crippen LogP contribution is -2.12. The fourth-order valence-corrected chi connectivity index (χ4v) is 2.83. The number of aromatic nitrogens is 2. The molecular weight excluding hydrogens is 294 g/mol. The lowest BCUT2D eigenvalue weighted by atomic mass is 10.1. The van der Waals surface area contributed by atoms with E-state index in [-0.39, 0.29) is 5.91 Å². The van der Waals surface area contributed by atoms with E-state index in [1.807, 2.05) is 44.2 Å². The van der Waals surface area contributed by atoms with Crippen LogP contribution < -0.4 is 5.32 Å². The van der Waals surface area contributed by atoms with Gasteiger partial charge in [0.1, 0.15) is 10.7 Å². The number of hydrogen-bond donors (Lipinski definition) is 1. The van der Waals surface area contributed by atoms with Crippen molar-refractivity contribution >= 4 is 22.9 Å². The number of carbonyl (C=O) groups is 1. The van der Waals surface area contributed by atoms with Crippen molar-refractivity contribution in [2.24, 2.45) is 0 Å². The summed E-state index contributed by atoms with van der Waals surface area (Å²) < 4.78 is 0. The number of aryl methyl sites for hydroxylation is 2. The van der Waals surface area contributed by atoms with E-state index in [0.29, 0.717) is 5.69 Å². The van der Waals surface area contributed by atoms with Gasteiger partial charge in [0.25, 0.3) is 5.91 Å². The second-order valence-corrected chi connectivity index (χ2v) is 5.89. The summed E-state index contributed by atoms with van der Waals surface area (Å²) in [7, 11) is 0. The van der Waals surface area contributed by atoms with Crippen LogP contribution in [-0.4, -0.2) is 15.9 Å². The van der Waals surface area contributed by atoms with Crippen LogP contribution in [0, 0.1) is 13.8 Å². The van der Waals surface area contributed by atoms with Crippen LogP contribution in [0.5, 0.6) is 0 Å². The van der Waals surface area contributed by atoms with E-state index in [4.69, 9.17) is 0 Å². The molecule has 5 heteroatoms. The van der Waals surface area contributed by atoms with Crippen LogP contribution in [0.2, 0.25) is 0 Å². The lowest BCUT2D eigenvalue weighted by Gasteiger charge is -2.06. The Hall–Kier alpha value is -2.53. The van der Waals surface area contributed by atoms with Gasteiger partial charge in [-0.3, -0.25) is 9.78 Å². The highest BCUT2D eigenvalue weighted by Gasteiger charge is 2.12. The Kier molecular flexibility index (Phi) is 3.98. The fraction of sp³-hybridized carbons (Fsp3) is 0.118. The largest absolute Gasteiger partial charge is 0.321 e. The van der Waals surface area contributed by atoms with Gasteiger partial charge in [0.05, 0.1) is 0 Å². The molecule has 1 N–H and O–H groups in total. The molecule has 0 aliphatic heterocycles. The summed E-state index contributed by atoms with van der Waals surface area (Å²) in [6.07, 6.45) is 3.43. The number of carbonyl (C=O) groups excluding carboxylic acids is 1. The summed E-state index contributed by atoms with van der Waals surface area (Å²) in [4.78, 5) is 20.7. The number of rotatable bonds is 3. The molecule has 3 rings (SSSR count). The van der Waals surface area contributed by atoms with Gasteiger partial charge in [-0.15, -0.1) is 11.3 Å². The van der Waals surface area contributed by atoms with Crippen LogP contribution in [0.15, 0.2) is 48.1 Å². The molecule has 0 aliphatic rings. The van der Waals surface area contributed by atoms with Crippen molar-refractivity contribution in [3.05, 3.63) is 64.9 Å². The maximum atomic E-state index is 12.3. The van der Waals surface area contributed by atoms with Crippen LogP contribution in [0.4, 0.5) is 5.69 Å². The van der Waals surface area contributed by atoms with E-state index in [1.165, 1.54) is 16.9 Å². The van der Waals surface area contributed by atoms with E-state index >= 15 is 0 Å². The van der Waals surface area contributed by atoms with E-state index in [1.54, 1.807) is 17.8 Å². The van der Waals surface area contributed by atoms with Crippen LogP contribution in [0.25, 0.3) is 10.6 Å². The molecule has 4 nitrogen and oxygen atoms in total. The maximum Gasteiger partial charge on any atom is 0.275 e. The van der Waals surface area contributed by atoms with Crippen LogP contribution in [0.1, 0.15) is 21.6 Å². The molecule has 0 bridgehead atoms. The number of nitrogens with zero attached hydrogens (tertiary/aromatic N) is 2. The molecule has 2 aromatic heterocycles. The topological polar surface area (TPSA) is 54.9 Å². The van der Waals surface area contributed by atoms with Gasteiger partial charge in [-0.25, -0.2) is 4.98 Å². The third-order valence-electron chi connectivity index (χ3n) is 3.43. The minimum atomic E-state index is -0.195. The lowest BCUT2D eigenvalue weighted by molar-refractivity contribution is 0.102. The van der Waals surface area contributed by atoms with Crippen molar-refractivity contribution in [1.29, 1.82) is 0 Å². The van der Waals surface area contributed by atoms with Crippen LogP contribution in [-0.2, 0) is 0 Å². The van der Waals surface area contributed by atoms with Crippen LogP contribution in [0.3, 0.4) is 0 Å². The molecule has 2 heterocycles. The number of pyridine rings is 1. The standard InChI is InChI=1S/C17H15N3OS/c1-11-3-4-14(9-12(11)2)19-16(21)15-10-22-17(20-15)13-5-7-18-8-6-13/h3-10H,1-2H3,(H,19,21). The minimum absolute atomic E-state index is 0.195. The Morgan fingerprint density at radius 1 is 1.09 bits per heavy atom. The first-order valence-electron chi connectivity index (χ1n) is 6.88. The molecule has 0 unspecified atom stereocenters. The Morgan fingerprint density at radius 3 is 2.59 bits per heavy atom. The highest BCUT2D eigenvalue weighted by Crippen LogP contribution is 2.23. The van der Waals surface area contributed by atoms with Gasteiger partial charge in [0.15, 0.2) is 0 Å². The highest BCUT2D eigenvalue weighted by atomic mass is 32.1. The first kappa shape index (κ1) is 14.4. The summed E-state index contributed by atoms with van der Waals surface area (Å²) in [6.45, 7) is 4.07. The summed E-state index contributed by atoms with van der Waals surface area (Å²) in [5.41, 5.74) is 4.52. The third-order valence-corrected chi connectivity index (χ3v) is 4.32. The number of thiazole rings is 1. The molecular formula is C17H15N3OS. The molecule has 0 atom stereocenters. The number of benzene rings is 1. The Labute approximate surface area is 132 Å². The van der Waals surface area contributed by atoms with E-state index in [0.717, 1.165) is 21.8 Å². The predicted octanol–water partition coefficient (Wildman–Crippen LogP) is 4.07. The zero-order chi connectivity index (χ0) is 15.5. The van der Waals surface area contributed by atoms with Crippen molar-refractivity contribution in [3.8, 4) is 10.6 Å². The molecule has 110 valence electrons. The van der Waals surface area contributed by atoms with Crippen molar-refractivity contribution in [3.63, 3.8) is 0 Å². The van der Waals surface area contributed by atoms with Gasteiger partial charge in [-0.05, 0) is 49.2 Å². The smallest absolute Gasteiger partial charge is 0.275 e. The van der Waals surface area contributed by atoms with Crippen molar-refractivity contribution in [1.82, 2.24) is 9.97 Å².